The second kappa shape index (κ2) is 3.30. The monoisotopic (exact) mass is 211 g/mol. The van der Waals surface area contributed by atoms with E-state index in [1.165, 1.54) is 6.33 Å². The molecule has 0 saturated heterocycles. The van der Waals surface area contributed by atoms with Crippen molar-refractivity contribution in [2.24, 2.45) is 0 Å². The summed E-state index contributed by atoms with van der Waals surface area (Å²) in [6, 6.07) is 5.68. The Kier molecular flexibility index (Phi) is 1.83. The predicted molar refractivity (Wildman–Crippen MR) is 61.1 cm³/mol. The molecule has 0 unspecified atom stereocenters. The Morgan fingerprint density at radius 2 is 1.88 bits per heavy atom. The third kappa shape index (κ3) is 1.30. The molecule has 0 aliphatic heterocycles. The molecule has 2 aromatic heterocycles. The van der Waals surface area contributed by atoms with E-state index in [0.29, 0.717) is 5.69 Å². The molecule has 5 heteroatoms. The Morgan fingerprint density at radius 3 is 2.69 bits per heavy atom. The van der Waals surface area contributed by atoms with Gasteiger partial charge in [0.15, 0.2) is 0 Å². The lowest BCUT2D eigenvalue weighted by Crippen LogP contribution is -1.97. The van der Waals surface area contributed by atoms with E-state index >= 15 is 0 Å². The van der Waals surface area contributed by atoms with E-state index < -0.39 is 0 Å². The van der Waals surface area contributed by atoms with Gasteiger partial charge in [-0.15, -0.1) is 0 Å². The minimum Gasteiger partial charge on any atom is -0.399 e. The molecule has 0 atom stereocenters. The van der Waals surface area contributed by atoms with Crippen molar-refractivity contribution < 1.29 is 0 Å². The molecule has 0 bridgehead atoms. The number of hydrogen-bond acceptors (Lipinski definition) is 4. The van der Waals surface area contributed by atoms with Gasteiger partial charge in [0, 0.05) is 11.1 Å². The second-order valence-electron chi connectivity index (χ2n) is 3.47. The molecule has 0 amide bonds. The first-order chi connectivity index (χ1) is 7.84. The van der Waals surface area contributed by atoms with E-state index in [0.717, 1.165) is 16.6 Å². The molecule has 16 heavy (non-hydrogen) atoms. The molecule has 5 nitrogen and oxygen atoms in total. The molecule has 0 spiro atoms. The fourth-order valence-corrected chi connectivity index (χ4v) is 1.64. The average molecular weight is 211 g/mol. The Balaban J connectivity index is 2.29. The van der Waals surface area contributed by atoms with E-state index in [9.17, 15) is 0 Å². The van der Waals surface area contributed by atoms with E-state index in [1.807, 2.05) is 18.2 Å². The summed E-state index contributed by atoms with van der Waals surface area (Å²) < 4.78 is 1.77. The smallest absolute Gasteiger partial charge is 0.115 e. The van der Waals surface area contributed by atoms with Crippen LogP contribution in [0.1, 0.15) is 0 Å². The van der Waals surface area contributed by atoms with Gasteiger partial charge in [-0.1, -0.05) is 0 Å². The Hall–Kier alpha value is -2.43. The molecular formula is C11H9N5. The first kappa shape index (κ1) is 8.84. The van der Waals surface area contributed by atoms with E-state index in [1.54, 1.807) is 23.3 Å². The average Bonchev–Trinajstić information content (AvgIpc) is 2.73. The molecule has 3 aromatic rings. The zero-order chi connectivity index (χ0) is 11.0. The highest BCUT2D eigenvalue weighted by Crippen LogP contribution is 2.19. The van der Waals surface area contributed by atoms with Gasteiger partial charge in [-0.25, -0.2) is 14.6 Å². The molecule has 78 valence electrons. The van der Waals surface area contributed by atoms with Crippen LogP contribution in [0.4, 0.5) is 5.69 Å². The van der Waals surface area contributed by atoms with Crippen LogP contribution in [0, 0.1) is 0 Å². The highest BCUT2D eigenvalue weighted by molar-refractivity contribution is 5.83. The number of nitrogens with two attached hydrogens (primary N) is 1. The fraction of sp³-hybridized carbons (Fsp3) is 0. The predicted octanol–water partition coefficient (Wildman–Crippen LogP) is 1.40. The van der Waals surface area contributed by atoms with Crippen molar-refractivity contribution in [1.82, 2.24) is 19.7 Å². The van der Waals surface area contributed by atoms with Crippen LogP contribution in [0.15, 0.2) is 43.1 Å². The van der Waals surface area contributed by atoms with E-state index in [2.05, 4.69) is 15.1 Å². The van der Waals surface area contributed by atoms with Gasteiger partial charge in [0.05, 0.1) is 24.1 Å². The van der Waals surface area contributed by atoms with Crippen LogP contribution in [-0.4, -0.2) is 19.7 Å². The molecule has 3 rings (SSSR count). The summed E-state index contributed by atoms with van der Waals surface area (Å²) in [6.07, 6.45) is 6.70. The van der Waals surface area contributed by atoms with Crippen molar-refractivity contribution in [1.29, 1.82) is 0 Å². The first-order valence-corrected chi connectivity index (χ1v) is 4.83. The number of fused-ring (bicyclic) bond motifs is 1. The summed E-state index contributed by atoms with van der Waals surface area (Å²) >= 11 is 0. The third-order valence-corrected chi connectivity index (χ3v) is 2.39. The van der Waals surface area contributed by atoms with E-state index in [-0.39, 0.29) is 0 Å². The van der Waals surface area contributed by atoms with Crippen LogP contribution in [-0.2, 0) is 0 Å². The lowest BCUT2D eigenvalue weighted by Gasteiger charge is -2.02. The molecule has 0 aliphatic carbocycles. The van der Waals surface area contributed by atoms with Gasteiger partial charge in [0.2, 0.25) is 0 Å². The number of nitrogens with zero attached hydrogens (tertiary/aromatic N) is 4. The van der Waals surface area contributed by atoms with Gasteiger partial charge < -0.3 is 5.73 Å². The highest BCUT2D eigenvalue weighted by atomic mass is 15.3. The van der Waals surface area contributed by atoms with Crippen molar-refractivity contribution in [2.45, 2.75) is 0 Å². The summed E-state index contributed by atoms with van der Waals surface area (Å²) in [6.45, 7) is 0. The van der Waals surface area contributed by atoms with Gasteiger partial charge in [0.1, 0.15) is 12.0 Å². The van der Waals surface area contributed by atoms with Crippen molar-refractivity contribution in [3.05, 3.63) is 43.1 Å². The van der Waals surface area contributed by atoms with Crippen LogP contribution in [0.5, 0.6) is 0 Å². The van der Waals surface area contributed by atoms with Crippen molar-refractivity contribution in [3.63, 3.8) is 0 Å². The summed E-state index contributed by atoms with van der Waals surface area (Å²) in [7, 11) is 0. The number of aromatic nitrogens is 4. The molecule has 0 aliphatic rings. The third-order valence-electron chi connectivity index (χ3n) is 2.39. The van der Waals surface area contributed by atoms with Crippen molar-refractivity contribution >= 4 is 16.6 Å². The number of nitrogen functional groups attached to an aromatic ring is 1. The largest absolute Gasteiger partial charge is 0.399 e. The minimum absolute atomic E-state index is 0.714. The standard InChI is InChI=1S/C11H9N5/c12-9-2-1-8-4-15-16(11(8)3-9)10-5-13-7-14-6-10/h1-7H,12H2. The van der Waals surface area contributed by atoms with Crippen LogP contribution in [0.3, 0.4) is 0 Å². The molecule has 0 saturated carbocycles. The first-order valence-electron chi connectivity index (χ1n) is 4.83. The topological polar surface area (TPSA) is 69.6 Å². The SMILES string of the molecule is Nc1ccc2cnn(-c3cncnc3)c2c1. The summed E-state index contributed by atoms with van der Waals surface area (Å²) in [5.41, 5.74) is 8.25. The lowest BCUT2D eigenvalue weighted by atomic mass is 10.2. The maximum atomic E-state index is 5.76. The Bertz CT molecular complexity index is 629. The van der Waals surface area contributed by atoms with Crippen molar-refractivity contribution in [3.8, 4) is 5.69 Å². The molecule has 2 N–H and O–H groups in total. The van der Waals surface area contributed by atoms with Crippen LogP contribution < -0.4 is 5.73 Å². The second-order valence-corrected chi connectivity index (χ2v) is 3.47. The molecule has 0 radical (unpaired) electrons. The number of rotatable bonds is 1. The van der Waals surface area contributed by atoms with Crippen LogP contribution in [0.2, 0.25) is 0 Å². The number of benzene rings is 1. The van der Waals surface area contributed by atoms with Gasteiger partial charge >= 0.3 is 0 Å². The fourth-order valence-electron chi connectivity index (χ4n) is 1.64. The zero-order valence-corrected chi connectivity index (χ0v) is 8.41. The Labute approximate surface area is 91.6 Å². The Morgan fingerprint density at radius 1 is 1.06 bits per heavy atom. The van der Waals surface area contributed by atoms with Gasteiger partial charge in [-0.05, 0) is 18.2 Å². The lowest BCUT2D eigenvalue weighted by molar-refractivity contribution is 0.891. The van der Waals surface area contributed by atoms with Gasteiger partial charge in [0.25, 0.3) is 0 Å². The maximum Gasteiger partial charge on any atom is 0.115 e. The van der Waals surface area contributed by atoms with E-state index in [4.69, 9.17) is 5.73 Å². The minimum atomic E-state index is 0.714. The summed E-state index contributed by atoms with van der Waals surface area (Å²) in [5.74, 6) is 0. The van der Waals surface area contributed by atoms with Crippen molar-refractivity contribution in [2.75, 3.05) is 5.73 Å². The summed E-state index contributed by atoms with van der Waals surface area (Å²) in [5, 5.41) is 5.33. The van der Waals surface area contributed by atoms with Crippen LogP contribution >= 0.6 is 0 Å². The maximum absolute atomic E-state index is 5.76. The van der Waals surface area contributed by atoms with Gasteiger partial charge in [-0.2, -0.15) is 5.10 Å². The molecule has 2 heterocycles. The molecular weight excluding hydrogens is 202 g/mol. The van der Waals surface area contributed by atoms with Gasteiger partial charge in [-0.3, -0.25) is 0 Å². The number of anilines is 1. The molecule has 1 aromatic carbocycles. The normalized spacial score (nSPS) is 10.8. The zero-order valence-electron chi connectivity index (χ0n) is 8.41. The van der Waals surface area contributed by atoms with Crippen LogP contribution in [0.25, 0.3) is 16.6 Å². The molecule has 0 fully saturated rings. The summed E-state index contributed by atoms with van der Waals surface area (Å²) in [4.78, 5) is 7.93. The quantitative estimate of drug-likeness (QED) is 0.617. The number of hydrogen-bond donors (Lipinski definition) is 1. The highest BCUT2D eigenvalue weighted by Gasteiger charge is 2.04.